The number of nitrogens with one attached hydrogen (secondary N) is 1. The predicted octanol–water partition coefficient (Wildman–Crippen LogP) is 4.29. The van der Waals surface area contributed by atoms with E-state index in [4.69, 9.17) is 0 Å². The third-order valence-corrected chi connectivity index (χ3v) is 8.40. The van der Waals surface area contributed by atoms with E-state index in [-0.39, 0.29) is 22.8 Å². The first-order valence-corrected chi connectivity index (χ1v) is 11.6. The monoisotopic (exact) mass is 438 g/mol. The van der Waals surface area contributed by atoms with Crippen molar-refractivity contribution in [2.75, 3.05) is 5.32 Å². The topological polar surface area (TPSA) is 85.6 Å². The number of benzene rings is 1. The summed E-state index contributed by atoms with van der Waals surface area (Å²) in [6.45, 7) is 1.76. The summed E-state index contributed by atoms with van der Waals surface area (Å²) in [5, 5.41) is 21.3. The van der Waals surface area contributed by atoms with Gasteiger partial charge in [-0.25, -0.2) is 9.07 Å². The minimum Gasteiger partial charge on any atom is -0.295 e. The third-order valence-electron chi connectivity index (χ3n) is 7.32. The lowest BCUT2D eigenvalue weighted by Gasteiger charge is -2.55. The van der Waals surface area contributed by atoms with Crippen LogP contribution in [0.25, 0.3) is 5.69 Å². The Balaban J connectivity index is 1.21. The first kappa shape index (κ1) is 19.0. The Morgan fingerprint density at radius 3 is 2.35 bits per heavy atom. The molecule has 1 N–H and O–H groups in total. The van der Waals surface area contributed by atoms with Gasteiger partial charge in [-0.05, 0) is 87.5 Å². The molecular formula is C22H23FN6OS. The van der Waals surface area contributed by atoms with Crippen LogP contribution in [0.1, 0.15) is 59.7 Å². The maximum Gasteiger partial charge on any atom is 0.279 e. The lowest BCUT2D eigenvalue weighted by Crippen LogP contribution is -2.48. The molecule has 0 aliphatic heterocycles. The minimum atomic E-state index is -0.362. The highest BCUT2D eigenvalue weighted by molar-refractivity contribution is 7.15. The van der Waals surface area contributed by atoms with Crippen molar-refractivity contribution in [1.29, 1.82) is 0 Å². The van der Waals surface area contributed by atoms with E-state index in [2.05, 4.69) is 25.8 Å². The Labute approximate surface area is 183 Å². The number of rotatable bonds is 4. The number of amides is 1. The van der Waals surface area contributed by atoms with Crippen LogP contribution in [0.4, 0.5) is 9.52 Å². The van der Waals surface area contributed by atoms with Gasteiger partial charge in [0.1, 0.15) is 10.8 Å². The van der Waals surface area contributed by atoms with Crippen LogP contribution < -0.4 is 5.32 Å². The average Bonchev–Trinajstić information content (AvgIpc) is 3.35. The second-order valence-electron chi connectivity index (χ2n) is 9.48. The first-order valence-electron chi connectivity index (χ1n) is 10.8. The van der Waals surface area contributed by atoms with Crippen molar-refractivity contribution in [3.8, 4) is 5.69 Å². The Morgan fingerprint density at radius 1 is 1.06 bits per heavy atom. The van der Waals surface area contributed by atoms with Gasteiger partial charge in [-0.15, -0.1) is 15.3 Å². The molecule has 0 saturated heterocycles. The minimum absolute atomic E-state index is 0.164. The quantitative estimate of drug-likeness (QED) is 0.657. The van der Waals surface area contributed by atoms with E-state index in [1.54, 1.807) is 19.1 Å². The summed E-state index contributed by atoms with van der Waals surface area (Å²) < 4.78 is 14.7. The van der Waals surface area contributed by atoms with Gasteiger partial charge in [0.15, 0.2) is 5.69 Å². The third kappa shape index (κ3) is 3.17. The van der Waals surface area contributed by atoms with Crippen molar-refractivity contribution in [2.45, 2.75) is 50.9 Å². The van der Waals surface area contributed by atoms with Crippen molar-refractivity contribution in [1.82, 2.24) is 25.2 Å². The molecule has 2 aromatic heterocycles. The zero-order chi connectivity index (χ0) is 21.2. The van der Waals surface area contributed by atoms with Gasteiger partial charge in [-0.3, -0.25) is 10.1 Å². The molecule has 1 amide bonds. The Morgan fingerprint density at radius 2 is 1.71 bits per heavy atom. The SMILES string of the molecule is Cc1c(C(=O)Nc2nnc(C34CC5CC(CC(C5)C3)C4)s2)nnn1-c1ccc(F)cc1. The van der Waals surface area contributed by atoms with Crippen molar-refractivity contribution in [3.05, 3.63) is 46.5 Å². The number of hydrogen-bond donors (Lipinski definition) is 1. The number of nitrogens with zero attached hydrogens (tertiary/aromatic N) is 5. The second kappa shape index (κ2) is 6.91. The standard InChI is InChI=1S/C22H23FN6OS/c1-12-18(25-28-29(12)17-4-2-16(23)3-5-17)19(30)24-21-27-26-20(31-21)22-9-13-6-14(10-22)8-15(7-13)11-22/h2-5,13-15H,6-11H2,1H3,(H,24,27,30). The molecule has 7 rings (SSSR count). The molecule has 0 spiro atoms. The maximum atomic E-state index is 13.2. The Bertz CT molecular complexity index is 1120. The van der Waals surface area contributed by atoms with Gasteiger partial charge < -0.3 is 0 Å². The van der Waals surface area contributed by atoms with Crippen molar-refractivity contribution < 1.29 is 9.18 Å². The zero-order valence-electron chi connectivity index (χ0n) is 17.2. The van der Waals surface area contributed by atoms with Crippen LogP contribution >= 0.6 is 11.3 Å². The van der Waals surface area contributed by atoms with Crippen LogP contribution in [0.15, 0.2) is 24.3 Å². The van der Waals surface area contributed by atoms with Crippen molar-refractivity contribution >= 4 is 22.4 Å². The highest BCUT2D eigenvalue weighted by Gasteiger charge is 2.53. The fraction of sp³-hybridized carbons (Fsp3) is 0.500. The van der Waals surface area contributed by atoms with E-state index >= 15 is 0 Å². The summed E-state index contributed by atoms with van der Waals surface area (Å²) in [7, 11) is 0. The van der Waals surface area contributed by atoms with Crippen LogP contribution in [-0.4, -0.2) is 31.1 Å². The Kier molecular flexibility index (Phi) is 4.25. The predicted molar refractivity (Wildman–Crippen MR) is 114 cm³/mol. The van der Waals surface area contributed by atoms with Gasteiger partial charge in [0.05, 0.1) is 11.4 Å². The van der Waals surface area contributed by atoms with E-state index < -0.39 is 0 Å². The van der Waals surface area contributed by atoms with Crippen LogP contribution in [0.2, 0.25) is 0 Å². The zero-order valence-corrected chi connectivity index (χ0v) is 18.0. The number of carbonyl (C=O) groups excluding carboxylic acids is 1. The van der Waals surface area contributed by atoms with Gasteiger partial charge in [0.25, 0.3) is 5.91 Å². The molecule has 31 heavy (non-hydrogen) atoms. The van der Waals surface area contributed by atoms with E-state index in [1.807, 2.05) is 0 Å². The molecule has 3 aromatic rings. The highest BCUT2D eigenvalue weighted by Crippen LogP contribution is 2.61. The molecule has 4 saturated carbocycles. The Hall–Kier alpha value is -2.68. The molecule has 4 bridgehead atoms. The van der Waals surface area contributed by atoms with E-state index in [9.17, 15) is 9.18 Å². The fourth-order valence-corrected chi connectivity index (χ4v) is 7.34. The van der Waals surface area contributed by atoms with Crippen LogP contribution in [0, 0.1) is 30.5 Å². The lowest BCUT2D eigenvalue weighted by atomic mass is 9.50. The molecule has 7 nitrogen and oxygen atoms in total. The summed E-state index contributed by atoms with van der Waals surface area (Å²) in [4.78, 5) is 12.8. The average molecular weight is 439 g/mol. The van der Waals surface area contributed by atoms with E-state index in [1.165, 1.54) is 66.7 Å². The lowest BCUT2D eigenvalue weighted by molar-refractivity contribution is -0.00555. The number of carbonyl (C=O) groups is 1. The number of hydrogen-bond acceptors (Lipinski definition) is 6. The fourth-order valence-electron chi connectivity index (χ4n) is 6.38. The summed E-state index contributed by atoms with van der Waals surface area (Å²) in [6, 6.07) is 5.90. The number of aromatic nitrogens is 5. The molecule has 1 aromatic carbocycles. The van der Waals surface area contributed by atoms with E-state index in [0.717, 1.165) is 22.8 Å². The van der Waals surface area contributed by atoms with Crippen LogP contribution in [-0.2, 0) is 5.41 Å². The molecule has 0 atom stereocenters. The molecule has 2 heterocycles. The highest BCUT2D eigenvalue weighted by atomic mass is 32.1. The molecule has 160 valence electrons. The van der Waals surface area contributed by atoms with E-state index in [0.29, 0.717) is 16.5 Å². The van der Waals surface area contributed by atoms with Gasteiger partial charge in [0.2, 0.25) is 5.13 Å². The summed E-state index contributed by atoms with van der Waals surface area (Å²) in [6.07, 6.45) is 7.78. The van der Waals surface area contributed by atoms with Gasteiger partial charge in [-0.1, -0.05) is 16.6 Å². The van der Waals surface area contributed by atoms with Crippen molar-refractivity contribution in [3.63, 3.8) is 0 Å². The molecule has 0 radical (unpaired) electrons. The number of anilines is 1. The smallest absolute Gasteiger partial charge is 0.279 e. The molecule has 0 unspecified atom stereocenters. The molecule has 4 fully saturated rings. The summed E-state index contributed by atoms with van der Waals surface area (Å²) >= 11 is 1.50. The largest absolute Gasteiger partial charge is 0.295 e. The molecule has 4 aliphatic rings. The molecule has 4 aliphatic carbocycles. The normalized spacial score (nSPS) is 28.8. The molecular weight excluding hydrogens is 415 g/mol. The summed E-state index contributed by atoms with van der Waals surface area (Å²) in [5.41, 5.74) is 1.60. The second-order valence-corrected chi connectivity index (χ2v) is 10.5. The van der Waals surface area contributed by atoms with Gasteiger partial charge >= 0.3 is 0 Å². The van der Waals surface area contributed by atoms with Crippen LogP contribution in [0.5, 0.6) is 0 Å². The van der Waals surface area contributed by atoms with Crippen LogP contribution in [0.3, 0.4) is 0 Å². The van der Waals surface area contributed by atoms with Crippen molar-refractivity contribution in [2.24, 2.45) is 17.8 Å². The number of halogens is 1. The maximum absolute atomic E-state index is 13.2. The first-order chi connectivity index (χ1) is 15.0. The molecule has 9 heteroatoms. The van der Waals surface area contributed by atoms with Gasteiger partial charge in [-0.2, -0.15) is 0 Å². The summed E-state index contributed by atoms with van der Waals surface area (Å²) in [5.74, 6) is 1.80. The van der Waals surface area contributed by atoms with Gasteiger partial charge in [0, 0.05) is 5.41 Å².